The van der Waals surface area contributed by atoms with Gasteiger partial charge in [-0.25, -0.2) is 0 Å². The number of nitrogens with one attached hydrogen (secondary N) is 1. The van der Waals surface area contributed by atoms with E-state index in [2.05, 4.69) is 5.32 Å². The highest BCUT2D eigenvalue weighted by molar-refractivity contribution is 6.00. The highest BCUT2D eigenvalue weighted by atomic mass is 16.2. The third kappa shape index (κ3) is 2.55. The number of carbonyl (C=O) groups excluding carboxylic acids is 2. The highest BCUT2D eigenvalue weighted by Crippen LogP contribution is 2.31. The van der Waals surface area contributed by atoms with E-state index in [1.165, 1.54) is 0 Å². The van der Waals surface area contributed by atoms with Crippen LogP contribution in [0.5, 0.6) is 0 Å². The van der Waals surface area contributed by atoms with E-state index in [9.17, 15) is 9.59 Å². The van der Waals surface area contributed by atoms with Crippen LogP contribution in [0, 0.1) is 0 Å². The Morgan fingerprint density at radius 1 is 1.24 bits per heavy atom. The summed E-state index contributed by atoms with van der Waals surface area (Å²) in [7, 11) is 0. The van der Waals surface area contributed by atoms with E-state index in [1.807, 2.05) is 51.1 Å². The first kappa shape index (κ1) is 15.5. The molecule has 0 saturated carbocycles. The van der Waals surface area contributed by atoms with Crippen molar-refractivity contribution in [1.29, 1.82) is 0 Å². The fourth-order valence-corrected chi connectivity index (χ4v) is 2.96. The fourth-order valence-electron chi connectivity index (χ4n) is 2.96. The van der Waals surface area contributed by atoms with E-state index >= 15 is 0 Å². The molecule has 3 atom stereocenters. The molecule has 2 amide bonds. The van der Waals surface area contributed by atoms with Gasteiger partial charge in [0, 0.05) is 6.04 Å². The summed E-state index contributed by atoms with van der Waals surface area (Å²) in [6.45, 7) is 7.78. The Labute approximate surface area is 126 Å². The van der Waals surface area contributed by atoms with Gasteiger partial charge in [-0.1, -0.05) is 44.2 Å². The van der Waals surface area contributed by atoms with Crippen LogP contribution in [-0.4, -0.2) is 28.8 Å². The molecule has 114 valence electrons. The lowest BCUT2D eigenvalue weighted by molar-refractivity contribution is -0.157. The van der Waals surface area contributed by atoms with Crippen LogP contribution in [0.2, 0.25) is 0 Å². The van der Waals surface area contributed by atoms with Crippen molar-refractivity contribution < 1.29 is 9.59 Å². The number of hydrogen-bond donors (Lipinski definition) is 1. The average molecular weight is 288 g/mol. The van der Waals surface area contributed by atoms with Crippen molar-refractivity contribution >= 4 is 11.8 Å². The normalized spacial score (nSPS) is 27.4. The van der Waals surface area contributed by atoms with Crippen LogP contribution >= 0.6 is 0 Å². The van der Waals surface area contributed by atoms with Crippen LogP contribution in [0.3, 0.4) is 0 Å². The minimum Gasteiger partial charge on any atom is -0.336 e. The van der Waals surface area contributed by atoms with Gasteiger partial charge in [0.05, 0.1) is 0 Å². The Morgan fingerprint density at radius 3 is 2.38 bits per heavy atom. The number of amides is 2. The number of hydrogen-bond acceptors (Lipinski definition) is 2. The Hall–Kier alpha value is -1.84. The lowest BCUT2D eigenvalue weighted by Gasteiger charge is -2.46. The van der Waals surface area contributed by atoms with Crippen molar-refractivity contribution in [2.75, 3.05) is 0 Å². The second-order valence-corrected chi connectivity index (χ2v) is 5.87. The minimum absolute atomic E-state index is 0.0190. The van der Waals surface area contributed by atoms with Crippen molar-refractivity contribution in [3.8, 4) is 0 Å². The molecule has 1 saturated heterocycles. The lowest BCUT2D eigenvalue weighted by atomic mass is 9.85. The van der Waals surface area contributed by atoms with E-state index in [0.717, 1.165) is 12.0 Å². The van der Waals surface area contributed by atoms with Crippen LogP contribution in [0.4, 0.5) is 0 Å². The van der Waals surface area contributed by atoms with Gasteiger partial charge in [0.15, 0.2) is 0 Å². The van der Waals surface area contributed by atoms with Crippen LogP contribution in [0.1, 0.15) is 46.1 Å². The molecule has 1 aromatic rings. The summed E-state index contributed by atoms with van der Waals surface area (Å²) < 4.78 is 0. The summed E-state index contributed by atoms with van der Waals surface area (Å²) in [4.78, 5) is 27.3. The zero-order valence-electron chi connectivity index (χ0n) is 13.2. The molecule has 1 aliphatic heterocycles. The molecule has 1 N–H and O–H groups in total. The van der Waals surface area contributed by atoms with Gasteiger partial charge in [-0.2, -0.15) is 0 Å². The Kier molecular flexibility index (Phi) is 4.35. The monoisotopic (exact) mass is 288 g/mol. The minimum atomic E-state index is -0.979. The van der Waals surface area contributed by atoms with Gasteiger partial charge < -0.3 is 10.2 Å². The average Bonchev–Trinajstić information content (AvgIpc) is 2.50. The molecule has 4 nitrogen and oxygen atoms in total. The first-order valence-electron chi connectivity index (χ1n) is 7.66. The third-order valence-electron chi connectivity index (χ3n) is 4.48. The maximum Gasteiger partial charge on any atom is 0.253 e. The van der Waals surface area contributed by atoms with Crippen molar-refractivity contribution in [2.45, 2.75) is 58.2 Å². The molecular weight excluding hydrogens is 264 g/mol. The Bertz CT molecular complexity index is 529. The summed E-state index contributed by atoms with van der Waals surface area (Å²) in [6, 6.07) is 9.14. The Morgan fingerprint density at radius 2 is 1.86 bits per heavy atom. The molecule has 0 aliphatic carbocycles. The van der Waals surface area contributed by atoms with Gasteiger partial charge in [-0.15, -0.1) is 0 Å². The zero-order chi connectivity index (χ0) is 15.6. The molecule has 2 rings (SSSR count). The third-order valence-corrected chi connectivity index (χ3v) is 4.48. The maximum absolute atomic E-state index is 13.1. The second kappa shape index (κ2) is 5.88. The van der Waals surface area contributed by atoms with Gasteiger partial charge in [0.2, 0.25) is 5.91 Å². The molecule has 1 heterocycles. The van der Waals surface area contributed by atoms with Gasteiger partial charge >= 0.3 is 0 Å². The van der Waals surface area contributed by atoms with E-state index < -0.39 is 5.54 Å². The number of rotatable bonds is 4. The van der Waals surface area contributed by atoms with Crippen molar-refractivity contribution in [3.05, 3.63) is 35.9 Å². The summed E-state index contributed by atoms with van der Waals surface area (Å²) in [6.07, 6.45) is 1.47. The van der Waals surface area contributed by atoms with Gasteiger partial charge in [-0.05, 0) is 32.3 Å². The largest absolute Gasteiger partial charge is 0.336 e. The molecule has 0 radical (unpaired) electrons. The van der Waals surface area contributed by atoms with E-state index in [0.29, 0.717) is 6.42 Å². The summed E-state index contributed by atoms with van der Waals surface area (Å²) in [5.41, 5.74) is -0.154. The smallest absolute Gasteiger partial charge is 0.253 e. The molecular formula is C17H24N2O2. The molecule has 3 unspecified atom stereocenters. The molecule has 21 heavy (non-hydrogen) atoms. The molecule has 0 spiro atoms. The molecule has 1 fully saturated rings. The van der Waals surface area contributed by atoms with Crippen LogP contribution in [0.25, 0.3) is 0 Å². The lowest BCUT2D eigenvalue weighted by Crippen LogP contribution is -2.69. The highest BCUT2D eigenvalue weighted by Gasteiger charge is 2.49. The number of piperazine rings is 1. The SMILES string of the molecule is CCC(C)N1C(=O)C(C)(c2ccccc2)NC(=O)C1CC. The van der Waals surface area contributed by atoms with Crippen molar-refractivity contribution in [1.82, 2.24) is 10.2 Å². The fraction of sp³-hybridized carbons (Fsp3) is 0.529. The van der Waals surface area contributed by atoms with E-state index in [1.54, 1.807) is 11.8 Å². The zero-order valence-corrected chi connectivity index (χ0v) is 13.2. The summed E-state index contributed by atoms with van der Waals surface area (Å²) >= 11 is 0. The predicted octanol–water partition coefficient (Wildman–Crippen LogP) is 2.44. The molecule has 0 bridgehead atoms. The van der Waals surface area contributed by atoms with Crippen molar-refractivity contribution in [3.63, 3.8) is 0 Å². The predicted molar refractivity (Wildman–Crippen MR) is 82.6 cm³/mol. The standard InChI is InChI=1S/C17H24N2O2/c1-5-12(3)19-14(6-2)15(20)18-17(4,16(19)21)13-10-8-7-9-11-13/h7-12,14H,5-6H2,1-4H3,(H,18,20). The van der Waals surface area contributed by atoms with Gasteiger partial charge in [-0.3, -0.25) is 9.59 Å². The summed E-state index contributed by atoms with van der Waals surface area (Å²) in [5.74, 6) is -0.0850. The first-order chi connectivity index (χ1) is 9.95. The number of carbonyl (C=O) groups is 2. The summed E-state index contributed by atoms with van der Waals surface area (Å²) in [5, 5.41) is 2.94. The van der Waals surface area contributed by atoms with E-state index in [-0.39, 0.29) is 23.9 Å². The van der Waals surface area contributed by atoms with E-state index in [4.69, 9.17) is 0 Å². The topological polar surface area (TPSA) is 49.4 Å². The molecule has 1 aliphatic rings. The van der Waals surface area contributed by atoms with Gasteiger partial charge in [0.1, 0.15) is 11.6 Å². The quantitative estimate of drug-likeness (QED) is 0.925. The maximum atomic E-state index is 13.1. The number of nitrogens with zero attached hydrogens (tertiary/aromatic N) is 1. The number of benzene rings is 1. The van der Waals surface area contributed by atoms with Gasteiger partial charge in [0.25, 0.3) is 5.91 Å². The molecule has 4 heteroatoms. The van der Waals surface area contributed by atoms with Crippen LogP contribution in [0.15, 0.2) is 30.3 Å². The molecule has 0 aromatic heterocycles. The van der Waals surface area contributed by atoms with Crippen LogP contribution < -0.4 is 5.32 Å². The van der Waals surface area contributed by atoms with Crippen LogP contribution in [-0.2, 0) is 15.1 Å². The molecule has 1 aromatic carbocycles. The second-order valence-electron chi connectivity index (χ2n) is 5.87. The Balaban J connectivity index is 2.46. The first-order valence-corrected chi connectivity index (χ1v) is 7.66. The van der Waals surface area contributed by atoms with Crippen molar-refractivity contribution in [2.24, 2.45) is 0 Å².